The van der Waals surface area contributed by atoms with Gasteiger partial charge in [0.15, 0.2) is 0 Å². The summed E-state index contributed by atoms with van der Waals surface area (Å²) in [4.78, 5) is 0. The Labute approximate surface area is 41.9 Å². The minimum absolute atomic E-state index is 0.583. The summed E-state index contributed by atoms with van der Waals surface area (Å²) in [7, 11) is 0. The van der Waals surface area contributed by atoms with E-state index in [0.717, 1.165) is 5.70 Å². The molecule has 0 fully saturated rings. The number of hydrogen-bond acceptors (Lipinski definition) is 3. The van der Waals surface area contributed by atoms with E-state index in [9.17, 15) is 0 Å². The van der Waals surface area contributed by atoms with Crippen LogP contribution in [0, 0.1) is 0 Å². The Morgan fingerprint density at radius 3 is 2.71 bits per heavy atom. The fourth-order valence-corrected chi connectivity index (χ4v) is 0.412. The van der Waals surface area contributed by atoms with E-state index in [1.54, 1.807) is 0 Å². The monoisotopic (exact) mass is 97.1 g/mol. The van der Waals surface area contributed by atoms with E-state index in [4.69, 9.17) is 5.73 Å². The molecular formula is C4H7N3. The first-order valence-electron chi connectivity index (χ1n) is 2.17. The molecule has 3 nitrogen and oxygen atoms in total. The summed E-state index contributed by atoms with van der Waals surface area (Å²) in [5, 5.41) is 7.39. The van der Waals surface area contributed by atoms with Gasteiger partial charge in [-0.3, -0.25) is 0 Å². The summed E-state index contributed by atoms with van der Waals surface area (Å²) in [6.07, 6.45) is 1.87. The molecule has 1 rings (SSSR count). The lowest BCUT2D eigenvalue weighted by atomic mass is 10.4. The molecule has 2 N–H and O–H groups in total. The van der Waals surface area contributed by atoms with Crippen molar-refractivity contribution in [3.63, 3.8) is 0 Å². The van der Waals surface area contributed by atoms with Crippen LogP contribution >= 0.6 is 0 Å². The maximum absolute atomic E-state index is 5.34. The average molecular weight is 97.1 g/mol. The van der Waals surface area contributed by atoms with Gasteiger partial charge in [0, 0.05) is 5.70 Å². The van der Waals surface area contributed by atoms with E-state index < -0.39 is 0 Å². The van der Waals surface area contributed by atoms with Crippen molar-refractivity contribution in [2.45, 2.75) is 0 Å². The third-order valence-corrected chi connectivity index (χ3v) is 0.788. The second kappa shape index (κ2) is 1.73. The van der Waals surface area contributed by atoms with Crippen molar-refractivity contribution < 1.29 is 0 Å². The third kappa shape index (κ3) is 0.994. The summed E-state index contributed by atoms with van der Waals surface area (Å²) in [6, 6.07) is 0. The molecule has 38 valence electrons. The second-order valence-corrected chi connectivity index (χ2v) is 1.40. The Morgan fingerprint density at radius 1 is 1.57 bits per heavy atom. The molecule has 0 atom stereocenters. The highest BCUT2D eigenvalue weighted by Gasteiger charge is 1.89. The smallest absolute Gasteiger partial charge is 0.0990 e. The Morgan fingerprint density at radius 2 is 2.43 bits per heavy atom. The molecule has 0 saturated heterocycles. The lowest BCUT2D eigenvalue weighted by Gasteiger charge is -1.97. The summed E-state index contributed by atoms with van der Waals surface area (Å²) < 4.78 is 0. The molecule has 1 aliphatic rings. The van der Waals surface area contributed by atoms with Gasteiger partial charge in [0.25, 0.3) is 0 Å². The SMILES string of the molecule is NC1=CCN=NC1. The van der Waals surface area contributed by atoms with Crippen LogP contribution in [0.1, 0.15) is 0 Å². The Bertz CT molecular complexity index is 114. The maximum Gasteiger partial charge on any atom is 0.0990 e. The highest BCUT2D eigenvalue weighted by Crippen LogP contribution is 1.92. The zero-order valence-corrected chi connectivity index (χ0v) is 3.96. The number of nitrogens with zero attached hydrogens (tertiary/aromatic N) is 2. The molecule has 0 unspecified atom stereocenters. The van der Waals surface area contributed by atoms with Gasteiger partial charge in [-0.2, -0.15) is 10.2 Å². The molecule has 0 aromatic carbocycles. The second-order valence-electron chi connectivity index (χ2n) is 1.40. The minimum atomic E-state index is 0.583. The molecule has 0 amide bonds. The topological polar surface area (TPSA) is 50.7 Å². The predicted octanol–water partition coefficient (Wildman–Crippen LogP) is 0.295. The first-order valence-corrected chi connectivity index (χ1v) is 2.17. The maximum atomic E-state index is 5.34. The van der Waals surface area contributed by atoms with Crippen molar-refractivity contribution in [3.05, 3.63) is 11.8 Å². The molecule has 0 bridgehead atoms. The van der Waals surface area contributed by atoms with E-state index >= 15 is 0 Å². The largest absolute Gasteiger partial charge is 0.401 e. The highest BCUT2D eigenvalue weighted by atomic mass is 15.1. The van der Waals surface area contributed by atoms with Crippen LogP contribution in [-0.2, 0) is 0 Å². The number of rotatable bonds is 0. The standard InChI is InChI=1S/C4H7N3/c5-4-1-2-6-7-3-4/h1H,2-3,5H2. The van der Waals surface area contributed by atoms with Crippen molar-refractivity contribution in [1.29, 1.82) is 0 Å². The van der Waals surface area contributed by atoms with Crippen molar-refractivity contribution in [2.75, 3.05) is 13.1 Å². The summed E-state index contributed by atoms with van der Waals surface area (Å²) in [6.45, 7) is 1.24. The quantitative estimate of drug-likeness (QED) is 0.464. The van der Waals surface area contributed by atoms with E-state index in [-0.39, 0.29) is 0 Å². The number of hydrogen-bond donors (Lipinski definition) is 1. The van der Waals surface area contributed by atoms with Gasteiger partial charge in [0.05, 0.1) is 13.1 Å². The van der Waals surface area contributed by atoms with Gasteiger partial charge in [-0.15, -0.1) is 0 Å². The van der Waals surface area contributed by atoms with Crippen LogP contribution < -0.4 is 5.73 Å². The molecule has 0 aliphatic carbocycles. The van der Waals surface area contributed by atoms with Crippen LogP contribution in [-0.4, -0.2) is 13.1 Å². The van der Waals surface area contributed by atoms with Gasteiger partial charge < -0.3 is 5.73 Å². The molecule has 1 aliphatic heterocycles. The number of azo groups is 1. The predicted molar refractivity (Wildman–Crippen MR) is 26.9 cm³/mol. The summed E-state index contributed by atoms with van der Waals surface area (Å²) >= 11 is 0. The van der Waals surface area contributed by atoms with Crippen LogP contribution in [0.3, 0.4) is 0 Å². The van der Waals surface area contributed by atoms with Gasteiger partial charge in [-0.25, -0.2) is 0 Å². The van der Waals surface area contributed by atoms with Gasteiger partial charge in [0.1, 0.15) is 0 Å². The first-order chi connectivity index (χ1) is 3.39. The van der Waals surface area contributed by atoms with Crippen LogP contribution in [0.2, 0.25) is 0 Å². The third-order valence-electron chi connectivity index (χ3n) is 0.788. The lowest BCUT2D eigenvalue weighted by molar-refractivity contribution is 0.888. The van der Waals surface area contributed by atoms with Gasteiger partial charge >= 0.3 is 0 Å². The van der Waals surface area contributed by atoms with Crippen molar-refractivity contribution in [2.24, 2.45) is 16.0 Å². The van der Waals surface area contributed by atoms with Crippen LogP contribution in [0.15, 0.2) is 22.0 Å². The zero-order chi connectivity index (χ0) is 5.11. The Balaban J connectivity index is 2.50. The molecule has 1 heterocycles. The Hall–Kier alpha value is -0.860. The molecule has 7 heavy (non-hydrogen) atoms. The molecular weight excluding hydrogens is 90.1 g/mol. The molecule has 0 spiro atoms. The summed E-state index contributed by atoms with van der Waals surface area (Å²) in [5.74, 6) is 0. The van der Waals surface area contributed by atoms with Crippen molar-refractivity contribution >= 4 is 0 Å². The molecule has 3 heteroatoms. The number of nitrogens with two attached hydrogens (primary N) is 1. The minimum Gasteiger partial charge on any atom is -0.401 e. The normalized spacial score (nSPS) is 19.1. The first kappa shape index (κ1) is 4.30. The molecule has 0 aromatic heterocycles. The molecule has 0 saturated carbocycles. The van der Waals surface area contributed by atoms with Crippen LogP contribution in [0.25, 0.3) is 0 Å². The zero-order valence-electron chi connectivity index (χ0n) is 3.96. The van der Waals surface area contributed by atoms with Crippen molar-refractivity contribution in [3.8, 4) is 0 Å². The molecule has 0 aromatic rings. The molecule has 0 radical (unpaired) electrons. The fourth-order valence-electron chi connectivity index (χ4n) is 0.412. The van der Waals surface area contributed by atoms with E-state index in [1.165, 1.54) is 0 Å². The van der Waals surface area contributed by atoms with E-state index in [1.807, 2.05) is 6.08 Å². The van der Waals surface area contributed by atoms with Gasteiger partial charge in [0.2, 0.25) is 0 Å². The van der Waals surface area contributed by atoms with E-state index in [0.29, 0.717) is 13.1 Å². The highest BCUT2D eigenvalue weighted by molar-refractivity contribution is 5.01. The van der Waals surface area contributed by atoms with Gasteiger partial charge in [-0.05, 0) is 6.08 Å². The van der Waals surface area contributed by atoms with Crippen LogP contribution in [0.5, 0.6) is 0 Å². The Kier molecular flexibility index (Phi) is 1.06. The van der Waals surface area contributed by atoms with Crippen molar-refractivity contribution in [1.82, 2.24) is 0 Å². The van der Waals surface area contributed by atoms with Crippen LogP contribution in [0.4, 0.5) is 0 Å². The lowest BCUT2D eigenvalue weighted by Crippen LogP contribution is -2.04. The van der Waals surface area contributed by atoms with Gasteiger partial charge in [-0.1, -0.05) is 0 Å². The summed E-state index contributed by atoms with van der Waals surface area (Å²) in [5.41, 5.74) is 6.17. The average Bonchev–Trinajstić information content (AvgIpc) is 1.69. The van der Waals surface area contributed by atoms with E-state index in [2.05, 4.69) is 10.2 Å². The fraction of sp³-hybridized carbons (Fsp3) is 0.500.